The zero-order chi connectivity index (χ0) is 14.9. The first-order chi connectivity index (χ1) is 9.32. The Bertz CT molecular complexity index is 605. The summed E-state index contributed by atoms with van der Waals surface area (Å²) in [4.78, 5) is 12.2. The van der Waals surface area contributed by atoms with Crippen molar-refractivity contribution in [3.05, 3.63) is 18.0 Å². The number of carbonyl (C=O) groups excluding carboxylic acids is 1. The average Bonchev–Trinajstić information content (AvgIpc) is 3.06. The molecule has 0 radical (unpaired) electrons. The molecule has 1 fully saturated rings. The Hall–Kier alpha value is -1.01. The number of nitrogens with one attached hydrogen (secondary N) is 1. The van der Waals surface area contributed by atoms with E-state index in [1.807, 2.05) is 13.8 Å². The summed E-state index contributed by atoms with van der Waals surface area (Å²) in [6.07, 6.45) is 5.24. The van der Waals surface area contributed by atoms with Crippen LogP contribution < -0.4 is 5.32 Å². The van der Waals surface area contributed by atoms with Crippen LogP contribution in [0, 0.1) is 0 Å². The Morgan fingerprint density at radius 2 is 2.20 bits per heavy atom. The van der Waals surface area contributed by atoms with Gasteiger partial charge < -0.3 is 9.88 Å². The van der Waals surface area contributed by atoms with Crippen molar-refractivity contribution in [3.8, 4) is 0 Å². The highest BCUT2D eigenvalue weighted by Crippen LogP contribution is 2.37. The van der Waals surface area contributed by atoms with Crippen LogP contribution in [-0.2, 0) is 9.05 Å². The molecule has 1 aromatic rings. The quantitative estimate of drug-likeness (QED) is 0.820. The predicted molar refractivity (Wildman–Crippen MR) is 77.6 cm³/mol. The van der Waals surface area contributed by atoms with Crippen molar-refractivity contribution in [1.82, 2.24) is 9.88 Å². The largest absolute Gasteiger partial charge is 0.348 e. The first-order valence-electron chi connectivity index (χ1n) is 6.80. The number of hydrogen-bond donors (Lipinski definition) is 1. The topological polar surface area (TPSA) is 68.2 Å². The SMILES string of the molecule is CCCC(C)NC(=O)c1cc(S(=O)(=O)Cl)cn1C1CC1. The van der Waals surface area contributed by atoms with Gasteiger partial charge in [-0.05, 0) is 32.3 Å². The number of nitrogens with zero attached hydrogens (tertiary/aromatic N) is 1. The third-order valence-corrected chi connectivity index (χ3v) is 4.70. The second kappa shape index (κ2) is 5.77. The monoisotopic (exact) mass is 318 g/mol. The van der Waals surface area contributed by atoms with Crippen LogP contribution in [0.1, 0.15) is 56.1 Å². The van der Waals surface area contributed by atoms with E-state index in [-0.39, 0.29) is 22.9 Å². The van der Waals surface area contributed by atoms with Crippen molar-refractivity contribution in [3.63, 3.8) is 0 Å². The van der Waals surface area contributed by atoms with Gasteiger partial charge >= 0.3 is 0 Å². The molecule has 0 spiro atoms. The minimum absolute atomic E-state index is 0.0145. The van der Waals surface area contributed by atoms with Crippen LogP contribution in [0.5, 0.6) is 0 Å². The minimum Gasteiger partial charge on any atom is -0.348 e. The van der Waals surface area contributed by atoms with Crippen LogP contribution in [0.15, 0.2) is 17.2 Å². The summed E-state index contributed by atoms with van der Waals surface area (Å²) < 4.78 is 24.5. The van der Waals surface area contributed by atoms with Crippen molar-refractivity contribution in [2.24, 2.45) is 0 Å². The Morgan fingerprint density at radius 1 is 1.55 bits per heavy atom. The molecular formula is C13H19ClN2O3S. The van der Waals surface area contributed by atoms with Gasteiger partial charge in [-0.1, -0.05) is 13.3 Å². The third kappa shape index (κ3) is 3.55. The first kappa shape index (κ1) is 15.4. The predicted octanol–water partition coefficient (Wildman–Crippen LogP) is 2.67. The molecule has 7 heteroatoms. The van der Waals surface area contributed by atoms with E-state index < -0.39 is 9.05 Å². The minimum atomic E-state index is -3.81. The van der Waals surface area contributed by atoms with Crippen molar-refractivity contribution >= 4 is 25.6 Å². The lowest BCUT2D eigenvalue weighted by Gasteiger charge is -2.14. The molecule has 5 nitrogen and oxygen atoms in total. The van der Waals surface area contributed by atoms with Gasteiger partial charge in [0.15, 0.2) is 0 Å². The highest BCUT2D eigenvalue weighted by Gasteiger charge is 2.30. The highest BCUT2D eigenvalue weighted by atomic mass is 35.7. The molecule has 0 saturated heterocycles. The summed E-state index contributed by atoms with van der Waals surface area (Å²) in [7, 11) is 1.55. The Morgan fingerprint density at radius 3 is 2.70 bits per heavy atom. The van der Waals surface area contributed by atoms with Gasteiger partial charge in [0.25, 0.3) is 15.0 Å². The molecule has 1 unspecified atom stereocenters. The molecule has 1 aromatic heterocycles. The van der Waals surface area contributed by atoms with Crippen LogP contribution in [0.25, 0.3) is 0 Å². The van der Waals surface area contributed by atoms with Crippen molar-refractivity contribution in [2.45, 2.75) is 56.5 Å². The number of aromatic nitrogens is 1. The zero-order valence-electron chi connectivity index (χ0n) is 11.6. The number of rotatable bonds is 6. The summed E-state index contributed by atoms with van der Waals surface area (Å²) in [5.41, 5.74) is 0.370. The van der Waals surface area contributed by atoms with Gasteiger partial charge in [0.1, 0.15) is 10.6 Å². The molecule has 2 rings (SSSR count). The van der Waals surface area contributed by atoms with Crippen molar-refractivity contribution < 1.29 is 13.2 Å². The summed E-state index contributed by atoms with van der Waals surface area (Å²) in [6.45, 7) is 3.98. The molecule has 1 N–H and O–H groups in total. The van der Waals surface area contributed by atoms with Gasteiger partial charge in [0, 0.05) is 29.0 Å². The highest BCUT2D eigenvalue weighted by molar-refractivity contribution is 8.13. The van der Waals surface area contributed by atoms with Crippen LogP contribution in [0.3, 0.4) is 0 Å². The summed E-state index contributed by atoms with van der Waals surface area (Å²) >= 11 is 0. The first-order valence-corrected chi connectivity index (χ1v) is 9.11. The molecule has 0 bridgehead atoms. The molecule has 1 aliphatic carbocycles. The second-order valence-corrected chi connectivity index (χ2v) is 7.87. The van der Waals surface area contributed by atoms with Gasteiger partial charge in [-0.2, -0.15) is 0 Å². The molecule has 1 saturated carbocycles. The van der Waals surface area contributed by atoms with Gasteiger partial charge in [-0.3, -0.25) is 4.79 Å². The van der Waals surface area contributed by atoms with E-state index in [0.29, 0.717) is 5.69 Å². The van der Waals surface area contributed by atoms with Crippen LogP contribution in [-0.4, -0.2) is 24.9 Å². The molecule has 0 aliphatic heterocycles. The van der Waals surface area contributed by atoms with E-state index >= 15 is 0 Å². The van der Waals surface area contributed by atoms with Crippen molar-refractivity contribution in [2.75, 3.05) is 0 Å². The van der Waals surface area contributed by atoms with E-state index in [4.69, 9.17) is 10.7 Å². The lowest BCUT2D eigenvalue weighted by Crippen LogP contribution is -2.33. The molecule has 1 atom stereocenters. The normalized spacial score (nSPS) is 16.9. The number of amides is 1. The number of halogens is 1. The molecule has 20 heavy (non-hydrogen) atoms. The van der Waals surface area contributed by atoms with Gasteiger partial charge in [0.2, 0.25) is 0 Å². The summed E-state index contributed by atoms with van der Waals surface area (Å²) in [5, 5.41) is 2.89. The number of hydrogen-bond acceptors (Lipinski definition) is 3. The molecule has 1 heterocycles. The van der Waals surface area contributed by atoms with E-state index in [1.54, 1.807) is 4.57 Å². The molecule has 1 aliphatic rings. The van der Waals surface area contributed by atoms with E-state index in [2.05, 4.69) is 5.32 Å². The average molecular weight is 319 g/mol. The van der Waals surface area contributed by atoms with Gasteiger partial charge in [-0.15, -0.1) is 0 Å². The molecule has 1 amide bonds. The van der Waals surface area contributed by atoms with Crippen LogP contribution >= 0.6 is 10.7 Å². The van der Waals surface area contributed by atoms with Gasteiger partial charge in [0.05, 0.1) is 0 Å². The number of carbonyl (C=O) groups is 1. The fourth-order valence-electron chi connectivity index (χ4n) is 2.23. The van der Waals surface area contributed by atoms with Gasteiger partial charge in [-0.25, -0.2) is 8.42 Å². The summed E-state index contributed by atoms with van der Waals surface area (Å²) in [5.74, 6) is -0.246. The third-order valence-electron chi connectivity index (χ3n) is 3.38. The van der Waals surface area contributed by atoms with E-state index in [9.17, 15) is 13.2 Å². The maximum absolute atomic E-state index is 12.3. The smallest absolute Gasteiger partial charge is 0.268 e. The fourth-order valence-corrected chi connectivity index (χ4v) is 2.97. The van der Waals surface area contributed by atoms with E-state index in [0.717, 1.165) is 25.7 Å². The fraction of sp³-hybridized carbons (Fsp3) is 0.615. The molecular weight excluding hydrogens is 300 g/mol. The zero-order valence-corrected chi connectivity index (χ0v) is 13.2. The summed E-state index contributed by atoms with van der Waals surface area (Å²) in [6, 6.07) is 1.63. The molecule has 112 valence electrons. The Balaban J connectivity index is 2.25. The van der Waals surface area contributed by atoms with Crippen LogP contribution in [0.4, 0.5) is 0 Å². The maximum Gasteiger partial charge on any atom is 0.268 e. The maximum atomic E-state index is 12.3. The molecule has 0 aromatic carbocycles. The Kier molecular flexibility index (Phi) is 4.44. The lowest BCUT2D eigenvalue weighted by molar-refractivity contribution is 0.0928. The Labute approximate surface area is 123 Å². The second-order valence-electron chi connectivity index (χ2n) is 5.30. The lowest BCUT2D eigenvalue weighted by atomic mass is 10.2. The van der Waals surface area contributed by atoms with E-state index in [1.165, 1.54) is 12.3 Å². The van der Waals surface area contributed by atoms with Crippen LogP contribution in [0.2, 0.25) is 0 Å². The van der Waals surface area contributed by atoms with Crippen molar-refractivity contribution in [1.29, 1.82) is 0 Å². The standard InChI is InChI=1S/C13H19ClN2O3S/c1-3-4-9(2)15-13(17)12-7-11(20(14,18)19)8-16(12)10-5-6-10/h7-10H,3-6H2,1-2H3,(H,15,17).